The minimum absolute atomic E-state index is 0.550. The van der Waals surface area contributed by atoms with E-state index in [-0.39, 0.29) is 0 Å². The third-order valence-electron chi connectivity index (χ3n) is 2.21. The van der Waals surface area contributed by atoms with Crippen LogP contribution in [0.4, 0.5) is 0 Å². The van der Waals surface area contributed by atoms with Gasteiger partial charge in [0.2, 0.25) is 0 Å². The van der Waals surface area contributed by atoms with Gasteiger partial charge in [-0.15, -0.1) is 10.2 Å². The molecule has 4 nitrogen and oxygen atoms in total. The largest absolute Gasteiger partial charge is 0.171 e. The zero-order valence-corrected chi connectivity index (χ0v) is 11.5. The van der Waals surface area contributed by atoms with E-state index in [2.05, 4.69) is 31.3 Å². The Morgan fingerprint density at radius 1 is 1.47 bits per heavy atom. The van der Waals surface area contributed by atoms with Gasteiger partial charge in [-0.05, 0) is 46.5 Å². The lowest BCUT2D eigenvalue weighted by Crippen LogP contribution is -2.05. The first-order valence-corrected chi connectivity index (χ1v) is 6.28. The van der Waals surface area contributed by atoms with Crippen LogP contribution in [0, 0.1) is 6.92 Å². The van der Waals surface area contributed by atoms with E-state index in [1.165, 1.54) is 0 Å². The zero-order valence-electron chi connectivity index (χ0n) is 9.14. The van der Waals surface area contributed by atoms with Gasteiger partial charge in [0.15, 0.2) is 5.82 Å². The maximum Gasteiger partial charge on any atom is 0.171 e. The first-order chi connectivity index (χ1) is 8.19. The number of aryl methyl sites for hydroxylation is 1. The highest BCUT2D eigenvalue weighted by Gasteiger charge is 2.04. The Hall–Kier alpha value is -1.20. The first kappa shape index (κ1) is 12.3. The summed E-state index contributed by atoms with van der Waals surface area (Å²) in [6.07, 6.45) is 1.95. The quantitative estimate of drug-likeness (QED) is 0.875. The fourth-order valence-electron chi connectivity index (χ4n) is 1.48. The lowest BCUT2D eigenvalue weighted by molar-refractivity contribution is 0.571. The van der Waals surface area contributed by atoms with Gasteiger partial charge in [-0.2, -0.15) is 4.80 Å². The fraction of sp³-hybridized carbons (Fsp3) is 0.182. The normalized spacial score (nSPS) is 11.2. The fourth-order valence-corrected chi connectivity index (χ4v) is 1.96. The molecule has 0 N–H and O–H groups in total. The molecule has 17 heavy (non-hydrogen) atoms. The van der Waals surface area contributed by atoms with E-state index in [0.717, 1.165) is 11.1 Å². The molecule has 0 unspecified atom stereocenters. The highest BCUT2D eigenvalue weighted by Crippen LogP contribution is 2.18. The minimum Gasteiger partial charge on any atom is -0.160 e. The monoisotopic (exact) mass is 312 g/mol. The number of rotatable bonds is 3. The van der Waals surface area contributed by atoms with Crippen LogP contribution in [0.25, 0.3) is 6.08 Å². The number of hydrogen-bond donors (Lipinski definition) is 0. The van der Waals surface area contributed by atoms with Gasteiger partial charge in [0.25, 0.3) is 0 Å². The van der Waals surface area contributed by atoms with Crippen LogP contribution in [0.2, 0.25) is 5.02 Å². The second-order valence-electron chi connectivity index (χ2n) is 3.50. The van der Waals surface area contributed by atoms with E-state index in [0.29, 0.717) is 17.4 Å². The van der Waals surface area contributed by atoms with Gasteiger partial charge >= 0.3 is 0 Å². The van der Waals surface area contributed by atoms with E-state index < -0.39 is 0 Å². The van der Waals surface area contributed by atoms with Crippen molar-refractivity contribution in [2.24, 2.45) is 0 Å². The molecule has 0 saturated heterocycles. The Morgan fingerprint density at radius 3 is 2.94 bits per heavy atom. The van der Waals surface area contributed by atoms with Crippen molar-refractivity contribution in [3.8, 4) is 0 Å². The molecule has 2 aromatic rings. The van der Waals surface area contributed by atoms with Crippen molar-refractivity contribution in [2.75, 3.05) is 0 Å². The van der Waals surface area contributed by atoms with E-state index in [1.54, 1.807) is 16.7 Å². The van der Waals surface area contributed by atoms with Crippen LogP contribution in [0.5, 0.6) is 0 Å². The van der Waals surface area contributed by atoms with Gasteiger partial charge in [-0.1, -0.05) is 33.6 Å². The van der Waals surface area contributed by atoms with E-state index in [4.69, 9.17) is 11.6 Å². The second-order valence-corrected chi connectivity index (χ2v) is 4.47. The molecule has 0 atom stereocenters. The summed E-state index contributed by atoms with van der Waals surface area (Å²) < 4.78 is 0. The van der Waals surface area contributed by atoms with Crippen LogP contribution >= 0.6 is 27.5 Å². The van der Waals surface area contributed by atoms with Crippen molar-refractivity contribution < 1.29 is 0 Å². The number of nitrogens with zero attached hydrogens (tertiary/aromatic N) is 4. The third kappa shape index (κ3) is 3.14. The van der Waals surface area contributed by atoms with Crippen LogP contribution in [0.1, 0.15) is 17.0 Å². The number of aromatic nitrogens is 4. The highest BCUT2D eigenvalue weighted by atomic mass is 79.9. The summed E-state index contributed by atoms with van der Waals surface area (Å²) in [6.45, 7) is 2.36. The molecule has 0 amide bonds. The molecular weight excluding hydrogens is 304 g/mol. The molecule has 2 rings (SSSR count). The molecule has 0 aliphatic carbocycles. The summed E-state index contributed by atoms with van der Waals surface area (Å²) in [7, 11) is 0. The Labute approximate surface area is 112 Å². The summed E-state index contributed by atoms with van der Waals surface area (Å²) in [6, 6.07) is 5.72. The van der Waals surface area contributed by atoms with Crippen molar-refractivity contribution in [3.05, 3.63) is 45.2 Å². The maximum atomic E-state index is 5.99. The summed E-state index contributed by atoms with van der Waals surface area (Å²) in [5.74, 6) is 0.657. The Morgan fingerprint density at radius 2 is 2.29 bits per heavy atom. The molecular formula is C11H10BrClN4. The summed E-state index contributed by atoms with van der Waals surface area (Å²) in [5.41, 5.74) is 2.12. The molecule has 0 saturated carbocycles. The van der Waals surface area contributed by atoms with Crippen molar-refractivity contribution >= 4 is 33.6 Å². The summed E-state index contributed by atoms with van der Waals surface area (Å²) in [4.78, 5) is 3.35. The lowest BCUT2D eigenvalue weighted by atomic mass is 10.1. The maximum absolute atomic E-state index is 5.99. The standard InChI is InChI=1S/C11H10BrClN4/c1-8-14-16-17(15-8)7-10-6-11(13)3-2-9(10)4-5-12/h2-6H,7H2,1H3. The molecule has 0 fully saturated rings. The Kier molecular flexibility index (Phi) is 3.91. The number of halogens is 2. The topological polar surface area (TPSA) is 43.6 Å². The molecule has 0 radical (unpaired) electrons. The van der Waals surface area contributed by atoms with Crippen molar-refractivity contribution in [1.82, 2.24) is 20.2 Å². The number of benzene rings is 1. The van der Waals surface area contributed by atoms with Crippen molar-refractivity contribution in [3.63, 3.8) is 0 Å². The second kappa shape index (κ2) is 5.42. The van der Waals surface area contributed by atoms with Gasteiger partial charge in [-0.3, -0.25) is 0 Å². The average molecular weight is 314 g/mol. The zero-order chi connectivity index (χ0) is 12.3. The van der Waals surface area contributed by atoms with Gasteiger partial charge in [0, 0.05) is 5.02 Å². The molecule has 1 aromatic carbocycles. The molecule has 88 valence electrons. The summed E-state index contributed by atoms with van der Waals surface area (Å²) >= 11 is 9.25. The van der Waals surface area contributed by atoms with Crippen LogP contribution in [-0.2, 0) is 6.54 Å². The Bertz CT molecular complexity index is 550. The van der Waals surface area contributed by atoms with E-state index in [9.17, 15) is 0 Å². The highest BCUT2D eigenvalue weighted by molar-refractivity contribution is 9.11. The van der Waals surface area contributed by atoms with Crippen LogP contribution in [0.15, 0.2) is 23.2 Å². The third-order valence-corrected chi connectivity index (χ3v) is 2.71. The molecule has 0 spiro atoms. The van der Waals surface area contributed by atoms with Crippen LogP contribution in [0.3, 0.4) is 0 Å². The number of tetrazole rings is 1. The Balaban J connectivity index is 2.33. The van der Waals surface area contributed by atoms with Gasteiger partial charge in [0.1, 0.15) is 0 Å². The molecule has 0 aliphatic heterocycles. The first-order valence-electron chi connectivity index (χ1n) is 4.98. The molecule has 0 aliphatic rings. The van der Waals surface area contributed by atoms with E-state index in [1.807, 2.05) is 24.3 Å². The summed E-state index contributed by atoms with van der Waals surface area (Å²) in [5, 5.41) is 12.6. The molecule has 6 heteroatoms. The molecule has 0 bridgehead atoms. The SMILES string of the molecule is Cc1nnn(Cc2cc(Cl)ccc2C=CBr)n1. The van der Waals surface area contributed by atoms with Gasteiger partial charge in [-0.25, -0.2) is 0 Å². The average Bonchev–Trinajstić information content (AvgIpc) is 2.68. The molecule has 1 heterocycles. The van der Waals surface area contributed by atoms with Gasteiger partial charge in [0.05, 0.1) is 6.54 Å². The smallest absolute Gasteiger partial charge is 0.160 e. The van der Waals surface area contributed by atoms with Crippen molar-refractivity contribution in [1.29, 1.82) is 0 Å². The van der Waals surface area contributed by atoms with Crippen LogP contribution in [-0.4, -0.2) is 20.2 Å². The minimum atomic E-state index is 0.550. The van der Waals surface area contributed by atoms with E-state index >= 15 is 0 Å². The predicted molar refractivity (Wildman–Crippen MR) is 71.1 cm³/mol. The number of hydrogen-bond acceptors (Lipinski definition) is 3. The van der Waals surface area contributed by atoms with Crippen molar-refractivity contribution in [2.45, 2.75) is 13.5 Å². The van der Waals surface area contributed by atoms with Gasteiger partial charge < -0.3 is 0 Å². The molecule has 1 aromatic heterocycles. The predicted octanol–water partition coefficient (Wildman–Crippen LogP) is 3.05. The lowest BCUT2D eigenvalue weighted by Gasteiger charge is -2.05. The van der Waals surface area contributed by atoms with Crippen LogP contribution < -0.4 is 0 Å².